The summed E-state index contributed by atoms with van der Waals surface area (Å²) in [5.41, 5.74) is 2.28. The summed E-state index contributed by atoms with van der Waals surface area (Å²) in [5, 5.41) is 3.71. The van der Waals surface area contributed by atoms with Crippen molar-refractivity contribution in [3.63, 3.8) is 0 Å². The number of nitrogens with one attached hydrogen (secondary N) is 1. The maximum Gasteiger partial charge on any atom is 0.230 e. The number of benzene rings is 1. The molecular formula is C19H21F2N3O. The van der Waals surface area contributed by atoms with Crippen molar-refractivity contribution in [1.82, 2.24) is 14.8 Å². The van der Waals surface area contributed by atoms with Gasteiger partial charge in [-0.3, -0.25) is 4.79 Å². The topological polar surface area (TPSA) is 37.3 Å². The lowest BCUT2D eigenvalue weighted by Crippen LogP contribution is -2.47. The lowest BCUT2D eigenvalue weighted by atomic mass is 9.86. The molecule has 25 heavy (non-hydrogen) atoms. The number of amides is 1. The number of halogens is 2. The van der Waals surface area contributed by atoms with Crippen molar-refractivity contribution in [3.8, 4) is 0 Å². The van der Waals surface area contributed by atoms with Crippen molar-refractivity contribution >= 4 is 22.4 Å². The highest BCUT2D eigenvalue weighted by atomic mass is 19.2. The van der Waals surface area contributed by atoms with Crippen LogP contribution in [0.2, 0.25) is 0 Å². The fraction of sp³-hybridized carbons (Fsp3) is 0.421. The summed E-state index contributed by atoms with van der Waals surface area (Å²) in [6.07, 6.45) is 3.74. The van der Waals surface area contributed by atoms with E-state index in [4.69, 9.17) is 0 Å². The molecule has 1 unspecified atom stereocenters. The molecule has 2 aliphatic rings. The molecule has 4 nitrogen and oxygen atoms in total. The molecule has 4 rings (SSSR count). The van der Waals surface area contributed by atoms with Gasteiger partial charge in [0, 0.05) is 43.3 Å². The molecule has 2 atom stereocenters. The van der Waals surface area contributed by atoms with Crippen molar-refractivity contribution in [2.24, 2.45) is 5.92 Å². The number of hydrogen-bond donors (Lipinski definition) is 1. The fourth-order valence-electron chi connectivity index (χ4n) is 4.05. The quantitative estimate of drug-likeness (QED) is 0.929. The van der Waals surface area contributed by atoms with Crippen molar-refractivity contribution in [3.05, 3.63) is 41.6 Å². The van der Waals surface area contributed by atoms with E-state index in [0.717, 1.165) is 5.57 Å². The van der Waals surface area contributed by atoms with Gasteiger partial charge in [-0.2, -0.15) is 0 Å². The van der Waals surface area contributed by atoms with Crippen molar-refractivity contribution < 1.29 is 13.6 Å². The van der Waals surface area contributed by atoms with E-state index in [2.05, 4.69) is 5.32 Å². The van der Waals surface area contributed by atoms with Crippen molar-refractivity contribution in [2.45, 2.75) is 26.4 Å². The average Bonchev–Trinajstić information content (AvgIpc) is 3.04. The first kappa shape index (κ1) is 16.3. The molecule has 1 aromatic heterocycles. The van der Waals surface area contributed by atoms with E-state index in [1.165, 1.54) is 6.07 Å². The zero-order valence-corrected chi connectivity index (χ0v) is 14.4. The standard InChI is InChI=1S/C19H21F2N3O/c1-3-23(4-2)19(25)11-7-13-14-8-15(20)17(21)12-5-6-24(18(12)14)10-16(13)22-9-11/h5-8,11,16,22H,3-4,9-10H2,1-2H3/t11-,16?/m1/s1. The molecule has 0 saturated carbocycles. The SMILES string of the molecule is CCN(CC)C(=O)[C@@H]1C=C2c3cc(F)c(F)c4ccn(c34)CC2NC1. The maximum absolute atomic E-state index is 14.1. The molecule has 2 aliphatic heterocycles. The monoisotopic (exact) mass is 345 g/mol. The van der Waals surface area contributed by atoms with Gasteiger partial charge in [0.2, 0.25) is 5.91 Å². The summed E-state index contributed by atoms with van der Waals surface area (Å²) in [6.45, 7) is 6.46. The van der Waals surface area contributed by atoms with Crippen LogP contribution in [0.25, 0.3) is 16.5 Å². The number of aromatic nitrogens is 1. The summed E-state index contributed by atoms with van der Waals surface area (Å²) < 4.78 is 30.1. The third-order valence-corrected chi connectivity index (χ3v) is 5.36. The van der Waals surface area contributed by atoms with Gasteiger partial charge in [0.1, 0.15) is 0 Å². The van der Waals surface area contributed by atoms with E-state index < -0.39 is 11.6 Å². The van der Waals surface area contributed by atoms with Crippen LogP contribution in [0.1, 0.15) is 19.4 Å². The van der Waals surface area contributed by atoms with E-state index in [0.29, 0.717) is 42.6 Å². The molecule has 0 aliphatic carbocycles. The molecule has 3 heterocycles. The molecule has 1 amide bonds. The Morgan fingerprint density at radius 2 is 2.12 bits per heavy atom. The Morgan fingerprint density at radius 1 is 1.36 bits per heavy atom. The Kier molecular flexibility index (Phi) is 3.87. The van der Waals surface area contributed by atoms with Gasteiger partial charge >= 0.3 is 0 Å². The summed E-state index contributed by atoms with van der Waals surface area (Å²) in [5.74, 6) is -1.87. The molecule has 2 aromatic rings. The normalized spacial score (nSPS) is 21.8. The summed E-state index contributed by atoms with van der Waals surface area (Å²) in [6, 6.07) is 2.89. The highest BCUT2D eigenvalue weighted by Gasteiger charge is 2.34. The molecule has 132 valence electrons. The fourth-order valence-corrected chi connectivity index (χ4v) is 4.05. The minimum atomic E-state index is -0.848. The molecule has 0 saturated heterocycles. The van der Waals surface area contributed by atoms with E-state index >= 15 is 0 Å². The minimum absolute atomic E-state index is 0.00807. The molecule has 1 aromatic carbocycles. The number of carbonyl (C=O) groups is 1. The predicted molar refractivity (Wildman–Crippen MR) is 93.0 cm³/mol. The minimum Gasteiger partial charge on any atom is -0.345 e. The van der Waals surface area contributed by atoms with Crippen LogP contribution >= 0.6 is 0 Å². The molecule has 1 N–H and O–H groups in total. The molecule has 0 bridgehead atoms. The lowest BCUT2D eigenvalue weighted by Gasteiger charge is -2.35. The smallest absolute Gasteiger partial charge is 0.230 e. The number of carbonyl (C=O) groups excluding carboxylic acids is 1. The second-order valence-electron chi connectivity index (χ2n) is 6.65. The van der Waals surface area contributed by atoms with E-state index in [1.807, 2.05) is 24.5 Å². The Morgan fingerprint density at radius 3 is 2.84 bits per heavy atom. The van der Waals surface area contributed by atoms with Crippen LogP contribution in [0, 0.1) is 17.6 Å². The highest BCUT2D eigenvalue weighted by Crippen LogP contribution is 2.38. The lowest BCUT2D eigenvalue weighted by molar-refractivity contribution is -0.133. The Hall–Kier alpha value is -2.21. The highest BCUT2D eigenvalue weighted by molar-refractivity contribution is 5.96. The van der Waals surface area contributed by atoms with E-state index in [9.17, 15) is 13.6 Å². The first-order valence-corrected chi connectivity index (χ1v) is 8.76. The van der Waals surface area contributed by atoms with Gasteiger partial charge in [0.25, 0.3) is 0 Å². The Labute approximate surface area is 145 Å². The molecule has 0 fully saturated rings. The van der Waals surface area contributed by atoms with Gasteiger partial charge in [-0.15, -0.1) is 0 Å². The molecular weight excluding hydrogens is 324 g/mol. The van der Waals surface area contributed by atoms with Gasteiger partial charge in [0.05, 0.1) is 17.5 Å². The third kappa shape index (κ3) is 2.39. The zero-order chi connectivity index (χ0) is 17.7. The van der Waals surface area contributed by atoms with Gasteiger partial charge in [-0.05, 0) is 31.6 Å². The van der Waals surface area contributed by atoms with Gasteiger partial charge in [0.15, 0.2) is 11.6 Å². The molecule has 6 heteroatoms. The second-order valence-corrected chi connectivity index (χ2v) is 6.65. The van der Waals surface area contributed by atoms with Crippen LogP contribution in [-0.4, -0.2) is 41.1 Å². The van der Waals surface area contributed by atoms with Crippen LogP contribution in [0.15, 0.2) is 24.4 Å². The van der Waals surface area contributed by atoms with Crippen LogP contribution in [0.4, 0.5) is 8.78 Å². The third-order valence-electron chi connectivity index (χ3n) is 5.36. The number of rotatable bonds is 3. The van der Waals surface area contributed by atoms with Crippen LogP contribution in [0.5, 0.6) is 0 Å². The van der Waals surface area contributed by atoms with Gasteiger partial charge in [-0.25, -0.2) is 8.78 Å². The second kappa shape index (κ2) is 5.95. The van der Waals surface area contributed by atoms with E-state index in [1.54, 1.807) is 17.2 Å². The summed E-state index contributed by atoms with van der Waals surface area (Å²) in [7, 11) is 0. The van der Waals surface area contributed by atoms with Crippen molar-refractivity contribution in [1.29, 1.82) is 0 Å². The first-order chi connectivity index (χ1) is 12.0. The average molecular weight is 345 g/mol. The number of hydrogen-bond acceptors (Lipinski definition) is 2. The van der Waals surface area contributed by atoms with Gasteiger partial charge in [-0.1, -0.05) is 6.08 Å². The number of nitrogens with zero attached hydrogens (tertiary/aromatic N) is 2. The zero-order valence-electron chi connectivity index (χ0n) is 14.4. The molecule has 0 radical (unpaired) electrons. The largest absolute Gasteiger partial charge is 0.345 e. The first-order valence-electron chi connectivity index (χ1n) is 8.76. The van der Waals surface area contributed by atoms with Crippen LogP contribution in [-0.2, 0) is 11.3 Å². The Bertz CT molecular complexity index is 882. The summed E-state index contributed by atoms with van der Waals surface area (Å²) >= 11 is 0. The number of fused-ring (bicyclic) bond motifs is 2. The van der Waals surface area contributed by atoms with E-state index in [-0.39, 0.29) is 17.9 Å². The summed E-state index contributed by atoms with van der Waals surface area (Å²) in [4.78, 5) is 14.5. The molecule has 0 spiro atoms. The maximum atomic E-state index is 14.1. The predicted octanol–water partition coefficient (Wildman–Crippen LogP) is 2.77. The van der Waals surface area contributed by atoms with Gasteiger partial charge < -0.3 is 14.8 Å². The van der Waals surface area contributed by atoms with Crippen LogP contribution in [0.3, 0.4) is 0 Å². The van der Waals surface area contributed by atoms with Crippen molar-refractivity contribution in [2.75, 3.05) is 19.6 Å². The Balaban J connectivity index is 1.82. The van der Waals surface area contributed by atoms with Crippen LogP contribution < -0.4 is 5.32 Å².